The number of ether oxygens (including phenoxy) is 3. The number of carbonyl (C=O) groups excluding carboxylic acids is 4. The number of anilines is 2. The van der Waals surface area contributed by atoms with E-state index in [0.29, 0.717) is 42.2 Å². The lowest BCUT2D eigenvalue weighted by Crippen LogP contribution is -2.56. The topological polar surface area (TPSA) is 173 Å². The quantitative estimate of drug-likeness (QED) is 0.382. The Kier molecular flexibility index (Phi) is 8.68. The van der Waals surface area contributed by atoms with E-state index in [1.165, 1.54) is 4.90 Å². The molecule has 5 rings (SSSR count). The molecule has 0 bridgehead atoms. The summed E-state index contributed by atoms with van der Waals surface area (Å²) in [5.41, 5.74) is 2.51. The first kappa shape index (κ1) is 29.7. The van der Waals surface area contributed by atoms with E-state index in [1.807, 2.05) is 13.8 Å². The molecule has 2 fully saturated rings. The fourth-order valence-corrected chi connectivity index (χ4v) is 4.99. The fourth-order valence-electron chi connectivity index (χ4n) is 4.99. The summed E-state index contributed by atoms with van der Waals surface area (Å²) in [6.07, 6.45) is -3.11. The van der Waals surface area contributed by atoms with Crippen molar-refractivity contribution in [3.8, 4) is 11.4 Å². The second-order valence-corrected chi connectivity index (χ2v) is 10.3. The number of amides is 3. The van der Waals surface area contributed by atoms with Gasteiger partial charge in [-0.2, -0.15) is 0 Å². The van der Waals surface area contributed by atoms with Crippen LogP contribution in [0.3, 0.4) is 0 Å². The van der Waals surface area contributed by atoms with E-state index in [4.69, 9.17) is 14.2 Å². The van der Waals surface area contributed by atoms with Crippen LogP contribution in [0.1, 0.15) is 29.8 Å². The summed E-state index contributed by atoms with van der Waals surface area (Å²) in [5.74, 6) is -2.81. The van der Waals surface area contributed by atoms with Crippen LogP contribution in [-0.2, 0) is 28.6 Å². The van der Waals surface area contributed by atoms with E-state index in [2.05, 4.69) is 20.0 Å². The van der Waals surface area contributed by atoms with E-state index in [-0.39, 0.29) is 31.0 Å². The van der Waals surface area contributed by atoms with Gasteiger partial charge in [-0.1, -0.05) is 11.2 Å². The predicted molar refractivity (Wildman–Crippen MR) is 151 cm³/mol. The van der Waals surface area contributed by atoms with Gasteiger partial charge in [-0.25, -0.2) is 4.79 Å². The van der Waals surface area contributed by atoms with Crippen LogP contribution < -0.4 is 16.0 Å². The number of hydrogen-bond donors (Lipinski definition) is 2. The normalized spacial score (nSPS) is 19.6. The summed E-state index contributed by atoms with van der Waals surface area (Å²) >= 11 is 0. The van der Waals surface area contributed by atoms with Crippen molar-refractivity contribution >= 4 is 35.1 Å². The average molecular weight is 594 g/mol. The Labute approximate surface area is 245 Å². The van der Waals surface area contributed by atoms with Crippen molar-refractivity contribution in [1.82, 2.24) is 15.0 Å². The lowest BCUT2D eigenvalue weighted by molar-refractivity contribution is -0.167. The zero-order valence-corrected chi connectivity index (χ0v) is 23.8. The van der Waals surface area contributed by atoms with Crippen LogP contribution in [0.2, 0.25) is 0 Å². The van der Waals surface area contributed by atoms with Gasteiger partial charge in [0.05, 0.1) is 19.3 Å². The Hall–Kier alpha value is -4.82. The van der Waals surface area contributed by atoms with Gasteiger partial charge in [0.2, 0.25) is 6.10 Å². The van der Waals surface area contributed by atoms with Gasteiger partial charge in [-0.3, -0.25) is 28.7 Å². The van der Waals surface area contributed by atoms with Gasteiger partial charge in [0.25, 0.3) is 17.7 Å². The molecular formula is C29H31N5O9. The molecule has 226 valence electrons. The third kappa shape index (κ3) is 6.65. The first-order valence-corrected chi connectivity index (χ1v) is 13.7. The average Bonchev–Trinajstić information content (AvgIpc) is 3.42. The summed E-state index contributed by atoms with van der Waals surface area (Å²) in [5, 5.41) is 6.25. The van der Waals surface area contributed by atoms with Crippen molar-refractivity contribution in [3.63, 3.8) is 0 Å². The smallest absolute Gasteiger partial charge is 0.439 e. The maximum Gasteiger partial charge on any atom is 0.439 e. The molecule has 43 heavy (non-hydrogen) atoms. The minimum atomic E-state index is -1.60. The summed E-state index contributed by atoms with van der Waals surface area (Å²) in [6.45, 7) is 6.44. The van der Waals surface area contributed by atoms with Crippen LogP contribution in [0.15, 0.2) is 51.8 Å². The van der Waals surface area contributed by atoms with Crippen LogP contribution in [0.25, 0.3) is 11.4 Å². The third-order valence-electron chi connectivity index (χ3n) is 7.09. The van der Waals surface area contributed by atoms with Crippen LogP contribution in [0, 0.1) is 6.92 Å². The lowest BCUT2D eigenvalue weighted by atomic mass is 10.0. The number of rotatable bonds is 7. The predicted octanol–water partition coefficient (Wildman–Crippen LogP) is 1.50. The van der Waals surface area contributed by atoms with Gasteiger partial charge in [0, 0.05) is 49.1 Å². The molecule has 0 unspecified atom stereocenters. The van der Waals surface area contributed by atoms with Crippen molar-refractivity contribution in [2.24, 2.45) is 0 Å². The number of benzene rings is 2. The van der Waals surface area contributed by atoms with Gasteiger partial charge < -0.3 is 29.3 Å². The van der Waals surface area contributed by atoms with Crippen molar-refractivity contribution in [1.29, 1.82) is 0 Å². The Morgan fingerprint density at radius 1 is 1.07 bits per heavy atom. The van der Waals surface area contributed by atoms with Gasteiger partial charge in [-0.15, -0.1) is 0 Å². The number of esters is 1. The second-order valence-electron chi connectivity index (χ2n) is 10.3. The van der Waals surface area contributed by atoms with Gasteiger partial charge >= 0.3 is 11.7 Å². The second kappa shape index (κ2) is 12.6. The lowest BCUT2D eigenvalue weighted by Gasteiger charge is -2.36. The maximum atomic E-state index is 13.8. The number of aromatic nitrogens is 2. The number of hydrogen-bond acceptors (Lipinski definition) is 10. The molecule has 0 aliphatic carbocycles. The van der Waals surface area contributed by atoms with Crippen LogP contribution >= 0.6 is 0 Å². The minimum absolute atomic E-state index is 0.0602. The number of aromatic amines is 1. The Balaban J connectivity index is 1.34. The van der Waals surface area contributed by atoms with E-state index < -0.39 is 35.7 Å². The van der Waals surface area contributed by atoms with Crippen LogP contribution in [0.4, 0.5) is 11.4 Å². The minimum Gasteiger partial charge on any atom is -0.449 e. The first-order valence-electron chi connectivity index (χ1n) is 13.7. The fraction of sp³-hybridized carbons (Fsp3) is 0.379. The number of carbonyl (C=O) groups is 4. The Morgan fingerprint density at radius 2 is 1.81 bits per heavy atom. The Bertz CT molecular complexity index is 1580. The SMILES string of the molecule is CC(=O)O[C@@H](C(=O)Nc1ccc(-c2noc(=O)[nH]2)cc1)[C@H]1OCCN(c2cc(C(=O)N3CCO[C@H](C)C3)ccc2C)C1=O. The highest BCUT2D eigenvalue weighted by Crippen LogP contribution is 2.28. The van der Waals surface area contributed by atoms with E-state index in [9.17, 15) is 24.0 Å². The van der Waals surface area contributed by atoms with E-state index in [1.54, 1.807) is 47.4 Å². The van der Waals surface area contributed by atoms with Gasteiger partial charge in [0.1, 0.15) is 0 Å². The molecule has 2 N–H and O–H groups in total. The monoisotopic (exact) mass is 593 g/mol. The van der Waals surface area contributed by atoms with Crippen LogP contribution in [0.5, 0.6) is 0 Å². The van der Waals surface area contributed by atoms with Crippen molar-refractivity contribution in [2.75, 3.05) is 43.1 Å². The summed E-state index contributed by atoms with van der Waals surface area (Å²) < 4.78 is 21.0. The maximum absolute atomic E-state index is 13.8. The molecule has 3 amide bonds. The molecule has 2 aliphatic rings. The highest BCUT2D eigenvalue weighted by Gasteiger charge is 2.43. The molecule has 2 saturated heterocycles. The summed E-state index contributed by atoms with van der Waals surface area (Å²) in [4.78, 5) is 69.1. The molecule has 3 aromatic rings. The number of morpholine rings is 2. The molecule has 2 aromatic carbocycles. The number of H-pyrrole nitrogens is 1. The zero-order chi connectivity index (χ0) is 30.7. The van der Waals surface area contributed by atoms with E-state index in [0.717, 1.165) is 12.5 Å². The number of nitrogens with zero attached hydrogens (tertiary/aromatic N) is 3. The molecule has 1 aromatic heterocycles. The van der Waals surface area contributed by atoms with Gasteiger partial charge in [-0.05, 0) is 55.8 Å². The van der Waals surface area contributed by atoms with Crippen molar-refractivity contribution in [2.45, 2.75) is 39.1 Å². The van der Waals surface area contributed by atoms with Gasteiger partial charge in [0.15, 0.2) is 11.9 Å². The third-order valence-corrected chi connectivity index (χ3v) is 7.09. The summed E-state index contributed by atoms with van der Waals surface area (Å²) in [7, 11) is 0. The highest BCUT2D eigenvalue weighted by atomic mass is 16.6. The molecule has 14 nitrogen and oxygen atoms in total. The molecule has 3 heterocycles. The first-order chi connectivity index (χ1) is 20.6. The number of nitrogens with one attached hydrogen (secondary N) is 2. The Morgan fingerprint density at radius 3 is 2.49 bits per heavy atom. The molecule has 0 saturated carbocycles. The molecule has 0 spiro atoms. The highest BCUT2D eigenvalue weighted by molar-refractivity contribution is 6.05. The number of aryl methyl sites for hydroxylation is 1. The van der Waals surface area contributed by atoms with Crippen molar-refractivity contribution < 1.29 is 37.9 Å². The molecule has 3 atom stereocenters. The standard InChI is InChI=1S/C29H31N5O9/c1-16-4-5-20(27(37)33-10-12-40-17(2)15-33)14-22(16)34-11-13-41-24(28(34)38)23(42-18(3)35)26(36)30-21-8-6-19(7-9-21)25-31-29(39)43-32-25/h4-9,14,17,23-24H,10-13,15H2,1-3H3,(H,30,36)(H,31,32,39)/t17-,23-,24-/m1/s1. The summed E-state index contributed by atoms with van der Waals surface area (Å²) in [6, 6.07) is 11.4. The molecular weight excluding hydrogens is 562 g/mol. The zero-order valence-electron chi connectivity index (χ0n) is 23.8. The molecule has 2 aliphatic heterocycles. The van der Waals surface area contributed by atoms with Crippen LogP contribution in [-0.4, -0.2) is 89.9 Å². The molecule has 0 radical (unpaired) electrons. The molecule has 14 heteroatoms. The van der Waals surface area contributed by atoms with E-state index >= 15 is 0 Å². The largest absolute Gasteiger partial charge is 0.449 e. The van der Waals surface area contributed by atoms with Crippen molar-refractivity contribution in [3.05, 3.63) is 64.1 Å².